The van der Waals surface area contributed by atoms with E-state index in [-0.39, 0.29) is 0 Å². The summed E-state index contributed by atoms with van der Waals surface area (Å²) in [6.45, 7) is 0. The molecule has 0 radical (unpaired) electrons. The first kappa shape index (κ1) is 18.7. The van der Waals surface area contributed by atoms with E-state index >= 15 is 0 Å². The van der Waals surface area contributed by atoms with Crippen molar-refractivity contribution in [2.24, 2.45) is 0 Å². The maximum atomic E-state index is 10.5. The Kier molecular flexibility index (Phi) is 3.91. The number of hydrogen-bond donors (Lipinski definition) is 0. The van der Waals surface area contributed by atoms with Crippen LogP contribution in [0, 0.1) is 11.3 Å². The summed E-state index contributed by atoms with van der Waals surface area (Å²) >= 11 is 0. The predicted molar refractivity (Wildman–Crippen MR) is 138 cm³/mol. The van der Waals surface area contributed by atoms with Gasteiger partial charge in [-0.2, -0.15) is 5.26 Å². The molecule has 0 spiro atoms. The second kappa shape index (κ2) is 7.10. The first-order valence-electron chi connectivity index (χ1n) is 11.3. The van der Waals surface area contributed by atoms with Crippen LogP contribution in [-0.4, -0.2) is 0 Å². The summed E-state index contributed by atoms with van der Waals surface area (Å²) in [7, 11) is 0. The maximum absolute atomic E-state index is 10.5. The zero-order valence-corrected chi connectivity index (χ0v) is 18.2. The van der Waals surface area contributed by atoms with Crippen molar-refractivity contribution in [1.82, 2.24) is 0 Å². The van der Waals surface area contributed by atoms with E-state index in [0.717, 1.165) is 55.5 Å². The van der Waals surface area contributed by atoms with Crippen molar-refractivity contribution in [3.8, 4) is 17.6 Å². The van der Waals surface area contributed by atoms with E-state index in [2.05, 4.69) is 65.6 Å². The third-order valence-electron chi connectivity index (χ3n) is 6.63. The van der Waals surface area contributed by atoms with Crippen LogP contribution in [0.15, 0.2) is 109 Å². The minimum Gasteiger partial charge on any atom is -0.453 e. The smallest absolute Gasteiger partial charge is 0.151 e. The molecule has 7 rings (SSSR count). The number of fused-ring (bicyclic) bond motifs is 6. The van der Waals surface area contributed by atoms with Gasteiger partial charge in [0.05, 0.1) is 22.6 Å². The highest BCUT2D eigenvalue weighted by Gasteiger charge is 2.29. The molecule has 0 amide bonds. The molecule has 0 fully saturated rings. The normalized spacial score (nSPS) is 12.3. The van der Waals surface area contributed by atoms with Crippen LogP contribution in [0.25, 0.3) is 32.3 Å². The molecule has 6 aromatic rings. The number of nitriles is 1. The van der Waals surface area contributed by atoms with Gasteiger partial charge in [-0.25, -0.2) is 0 Å². The maximum Gasteiger partial charge on any atom is 0.151 e. The van der Waals surface area contributed by atoms with Crippen LogP contribution < -0.4 is 9.64 Å². The number of benzene rings is 6. The van der Waals surface area contributed by atoms with E-state index in [4.69, 9.17) is 4.74 Å². The molecule has 3 nitrogen and oxygen atoms in total. The minimum atomic E-state index is 0.657. The second-order valence-corrected chi connectivity index (χ2v) is 8.50. The standard InChI is InChI=1S/C31H18N2O/c32-19-26-23-12-4-3-11-22(23)24-17-20-9-1-2-10-21(20)18-25(24)31(26)33-27-13-5-7-15-29(27)34-30-16-8-6-14-28(30)33/h1-18H. The van der Waals surface area contributed by atoms with Gasteiger partial charge in [-0.15, -0.1) is 0 Å². The number of nitrogens with zero attached hydrogens (tertiary/aromatic N) is 2. The van der Waals surface area contributed by atoms with Crippen molar-refractivity contribution in [3.05, 3.63) is 115 Å². The van der Waals surface area contributed by atoms with Gasteiger partial charge in [-0.3, -0.25) is 0 Å². The zero-order chi connectivity index (χ0) is 22.6. The van der Waals surface area contributed by atoms with Crippen LogP contribution >= 0.6 is 0 Å². The average molecular weight is 434 g/mol. The largest absolute Gasteiger partial charge is 0.453 e. The Labute approximate surface area is 196 Å². The van der Waals surface area contributed by atoms with Crippen molar-refractivity contribution in [3.63, 3.8) is 0 Å². The number of rotatable bonds is 1. The topological polar surface area (TPSA) is 36.3 Å². The highest BCUT2D eigenvalue weighted by molar-refractivity contribution is 6.21. The van der Waals surface area contributed by atoms with E-state index in [0.29, 0.717) is 5.56 Å². The molecule has 1 heterocycles. The van der Waals surface area contributed by atoms with E-state index < -0.39 is 0 Å². The van der Waals surface area contributed by atoms with E-state index in [1.54, 1.807) is 0 Å². The number of hydrogen-bond acceptors (Lipinski definition) is 3. The summed E-state index contributed by atoms with van der Waals surface area (Å²) < 4.78 is 6.25. The molecule has 0 bridgehead atoms. The Morgan fingerprint density at radius 1 is 0.559 bits per heavy atom. The summed E-state index contributed by atoms with van der Waals surface area (Å²) in [6, 6.07) is 39.6. The molecule has 0 atom stereocenters. The molecule has 1 aliphatic heterocycles. The number of para-hydroxylation sites is 4. The lowest BCUT2D eigenvalue weighted by molar-refractivity contribution is 0.477. The summed E-state index contributed by atoms with van der Waals surface area (Å²) in [5.41, 5.74) is 3.37. The Balaban J connectivity index is 1.71. The molecule has 0 saturated heterocycles. The number of anilines is 3. The zero-order valence-electron chi connectivity index (χ0n) is 18.2. The van der Waals surface area contributed by atoms with Gasteiger partial charge in [-0.05, 0) is 57.9 Å². The van der Waals surface area contributed by atoms with Crippen molar-refractivity contribution in [1.29, 1.82) is 5.26 Å². The molecule has 0 aliphatic carbocycles. The van der Waals surface area contributed by atoms with Crippen LogP contribution in [-0.2, 0) is 0 Å². The Bertz CT molecular complexity index is 1770. The van der Waals surface area contributed by atoms with Gasteiger partial charge in [0.25, 0.3) is 0 Å². The molecular formula is C31H18N2O. The van der Waals surface area contributed by atoms with Crippen LogP contribution in [0.2, 0.25) is 0 Å². The van der Waals surface area contributed by atoms with Crippen LogP contribution in [0.5, 0.6) is 11.5 Å². The molecule has 0 unspecified atom stereocenters. The van der Waals surface area contributed by atoms with Crippen molar-refractivity contribution >= 4 is 49.4 Å². The van der Waals surface area contributed by atoms with E-state index in [1.165, 1.54) is 5.39 Å². The lowest BCUT2D eigenvalue weighted by Crippen LogP contribution is -2.17. The molecule has 6 aromatic carbocycles. The fourth-order valence-electron chi connectivity index (χ4n) is 5.15. The van der Waals surface area contributed by atoms with E-state index in [1.807, 2.05) is 54.6 Å². The molecular weight excluding hydrogens is 416 g/mol. The lowest BCUT2D eigenvalue weighted by atomic mass is 9.92. The van der Waals surface area contributed by atoms with Gasteiger partial charge in [0, 0.05) is 10.8 Å². The van der Waals surface area contributed by atoms with Gasteiger partial charge in [0.15, 0.2) is 11.5 Å². The second-order valence-electron chi connectivity index (χ2n) is 8.50. The Morgan fingerprint density at radius 3 is 1.74 bits per heavy atom. The first-order chi connectivity index (χ1) is 16.8. The summed E-state index contributed by atoms with van der Waals surface area (Å²) in [5, 5.41) is 17.0. The first-order valence-corrected chi connectivity index (χ1v) is 11.3. The monoisotopic (exact) mass is 434 g/mol. The molecule has 0 saturated carbocycles. The van der Waals surface area contributed by atoms with Gasteiger partial charge >= 0.3 is 0 Å². The third-order valence-corrected chi connectivity index (χ3v) is 6.63. The predicted octanol–water partition coefficient (Wildman–Crippen LogP) is 8.59. The fourth-order valence-corrected chi connectivity index (χ4v) is 5.15. The summed E-state index contributed by atoms with van der Waals surface area (Å²) in [6.07, 6.45) is 0. The fraction of sp³-hybridized carbons (Fsp3) is 0. The molecule has 158 valence electrons. The lowest BCUT2D eigenvalue weighted by Gasteiger charge is -2.34. The molecule has 34 heavy (non-hydrogen) atoms. The van der Waals surface area contributed by atoms with Crippen LogP contribution in [0.3, 0.4) is 0 Å². The van der Waals surface area contributed by atoms with Crippen LogP contribution in [0.1, 0.15) is 5.56 Å². The van der Waals surface area contributed by atoms with Crippen molar-refractivity contribution in [2.75, 3.05) is 4.90 Å². The quantitative estimate of drug-likeness (QED) is 0.192. The van der Waals surface area contributed by atoms with Gasteiger partial charge in [-0.1, -0.05) is 72.8 Å². The number of ether oxygens (including phenoxy) is 1. The highest BCUT2D eigenvalue weighted by atomic mass is 16.5. The molecule has 0 aromatic heterocycles. The van der Waals surface area contributed by atoms with Crippen molar-refractivity contribution in [2.45, 2.75) is 0 Å². The Morgan fingerprint density at radius 2 is 1.09 bits per heavy atom. The SMILES string of the molecule is N#Cc1c(N2c3ccccc3Oc3ccccc32)c2cc3ccccc3cc2c2ccccc12. The summed E-state index contributed by atoms with van der Waals surface area (Å²) in [4.78, 5) is 2.19. The van der Waals surface area contributed by atoms with Crippen molar-refractivity contribution < 1.29 is 4.74 Å². The highest BCUT2D eigenvalue weighted by Crippen LogP contribution is 2.53. The molecule has 1 aliphatic rings. The van der Waals surface area contributed by atoms with Gasteiger partial charge < -0.3 is 9.64 Å². The minimum absolute atomic E-state index is 0.657. The van der Waals surface area contributed by atoms with Gasteiger partial charge in [0.2, 0.25) is 0 Å². The third kappa shape index (κ3) is 2.57. The molecule has 0 N–H and O–H groups in total. The van der Waals surface area contributed by atoms with Crippen LogP contribution in [0.4, 0.5) is 17.1 Å². The van der Waals surface area contributed by atoms with E-state index in [9.17, 15) is 5.26 Å². The Hall–Kier alpha value is -4.81. The molecule has 3 heteroatoms. The van der Waals surface area contributed by atoms with Gasteiger partial charge in [0.1, 0.15) is 6.07 Å². The average Bonchev–Trinajstić information content (AvgIpc) is 2.90. The summed E-state index contributed by atoms with van der Waals surface area (Å²) in [5.74, 6) is 1.54.